The zero-order valence-corrected chi connectivity index (χ0v) is 16.3. The second kappa shape index (κ2) is 8.54. The van der Waals surface area contributed by atoms with E-state index in [0.717, 1.165) is 24.2 Å². The molecule has 7 heteroatoms. The molecule has 1 fully saturated rings. The normalized spacial score (nSPS) is 17.7. The summed E-state index contributed by atoms with van der Waals surface area (Å²) in [5.74, 6) is -1.89. The molecule has 0 unspecified atom stereocenters. The van der Waals surface area contributed by atoms with Crippen LogP contribution in [0.2, 0.25) is 0 Å². The maximum absolute atomic E-state index is 12.8. The molecule has 3 amide bonds. The number of hydrogen-bond acceptors (Lipinski definition) is 5. The minimum absolute atomic E-state index is 0.0552. The Labute approximate surface area is 164 Å². The van der Waals surface area contributed by atoms with Crippen LogP contribution in [0.15, 0.2) is 24.3 Å². The minimum Gasteiger partial charge on any atom is -0.454 e. The fourth-order valence-electron chi connectivity index (χ4n) is 3.71. The smallest absolute Gasteiger partial charge is 0.329 e. The molecule has 2 heterocycles. The number of carbonyl (C=O) groups is 4. The molecule has 150 valence electrons. The van der Waals surface area contributed by atoms with Crippen LogP contribution in [0.3, 0.4) is 0 Å². The number of fused-ring (bicyclic) bond motifs is 1. The van der Waals surface area contributed by atoms with Gasteiger partial charge >= 0.3 is 5.97 Å². The summed E-state index contributed by atoms with van der Waals surface area (Å²) in [7, 11) is 0. The number of rotatable bonds is 6. The minimum atomic E-state index is -1.04. The Morgan fingerprint density at radius 2 is 1.57 bits per heavy atom. The summed E-state index contributed by atoms with van der Waals surface area (Å²) >= 11 is 0. The molecular weight excluding hydrogens is 360 g/mol. The average molecular weight is 386 g/mol. The molecule has 1 atom stereocenters. The Morgan fingerprint density at radius 3 is 2.11 bits per heavy atom. The lowest BCUT2D eigenvalue weighted by Crippen LogP contribution is -2.47. The molecule has 28 heavy (non-hydrogen) atoms. The summed E-state index contributed by atoms with van der Waals surface area (Å²) in [6.07, 6.45) is 3.28. The van der Waals surface area contributed by atoms with Crippen molar-refractivity contribution in [1.29, 1.82) is 0 Å². The molecule has 0 radical (unpaired) electrons. The summed E-state index contributed by atoms with van der Waals surface area (Å²) in [6.45, 7) is 4.78. The van der Waals surface area contributed by atoms with Crippen molar-refractivity contribution in [2.24, 2.45) is 5.92 Å². The fourth-order valence-corrected chi connectivity index (χ4v) is 3.71. The molecule has 1 aromatic carbocycles. The Bertz CT molecular complexity index is 748. The van der Waals surface area contributed by atoms with E-state index in [9.17, 15) is 19.2 Å². The number of nitrogens with zero attached hydrogens (tertiary/aromatic N) is 2. The number of esters is 1. The lowest BCUT2D eigenvalue weighted by molar-refractivity contribution is -0.156. The fraction of sp³-hybridized carbons (Fsp3) is 0.524. The molecular formula is C21H26N2O5. The van der Waals surface area contributed by atoms with Crippen LogP contribution in [0.5, 0.6) is 0 Å². The zero-order chi connectivity index (χ0) is 20.3. The van der Waals surface area contributed by atoms with Crippen LogP contribution >= 0.6 is 0 Å². The second-order valence-electron chi connectivity index (χ2n) is 7.72. The molecule has 2 aliphatic heterocycles. The van der Waals surface area contributed by atoms with Gasteiger partial charge in [-0.15, -0.1) is 0 Å². The number of benzene rings is 1. The van der Waals surface area contributed by atoms with E-state index >= 15 is 0 Å². The van der Waals surface area contributed by atoms with Gasteiger partial charge < -0.3 is 9.64 Å². The van der Waals surface area contributed by atoms with E-state index in [-0.39, 0.29) is 24.9 Å². The van der Waals surface area contributed by atoms with Crippen LogP contribution in [-0.4, -0.2) is 59.2 Å². The van der Waals surface area contributed by atoms with Gasteiger partial charge in [0.15, 0.2) is 6.61 Å². The summed E-state index contributed by atoms with van der Waals surface area (Å²) in [4.78, 5) is 53.2. The molecule has 3 rings (SSSR count). The summed E-state index contributed by atoms with van der Waals surface area (Å²) < 4.78 is 5.25. The van der Waals surface area contributed by atoms with Crippen molar-refractivity contribution in [1.82, 2.24) is 9.80 Å². The number of carbonyl (C=O) groups excluding carboxylic acids is 4. The number of amides is 3. The molecule has 2 aliphatic rings. The zero-order valence-electron chi connectivity index (χ0n) is 16.3. The third-order valence-electron chi connectivity index (χ3n) is 5.15. The van der Waals surface area contributed by atoms with E-state index in [1.807, 2.05) is 13.8 Å². The van der Waals surface area contributed by atoms with Gasteiger partial charge in [0, 0.05) is 13.1 Å². The van der Waals surface area contributed by atoms with Crippen molar-refractivity contribution in [3.8, 4) is 0 Å². The highest BCUT2D eigenvalue weighted by Crippen LogP contribution is 2.27. The van der Waals surface area contributed by atoms with Gasteiger partial charge in [-0.3, -0.25) is 19.3 Å². The van der Waals surface area contributed by atoms with Crippen molar-refractivity contribution < 1.29 is 23.9 Å². The van der Waals surface area contributed by atoms with Crippen molar-refractivity contribution in [3.63, 3.8) is 0 Å². The van der Waals surface area contributed by atoms with Gasteiger partial charge in [0.1, 0.15) is 6.04 Å². The Balaban J connectivity index is 1.71. The van der Waals surface area contributed by atoms with Crippen LogP contribution in [-0.2, 0) is 14.3 Å². The standard InChI is InChI=1S/C21H26N2O5/c1-14(2)12-17(21(27)28-13-18(24)22-10-6-3-7-11-22)23-19(25)15-8-4-5-9-16(15)20(23)26/h4-5,8-9,14,17H,3,6-7,10-13H2,1-2H3/t17-/m0/s1. The van der Waals surface area contributed by atoms with Gasteiger partial charge in [-0.2, -0.15) is 0 Å². The third kappa shape index (κ3) is 4.08. The predicted octanol–water partition coefficient (Wildman–Crippen LogP) is 2.25. The summed E-state index contributed by atoms with van der Waals surface area (Å²) in [6, 6.07) is 5.48. The molecule has 0 N–H and O–H groups in total. The first kappa shape index (κ1) is 20.0. The van der Waals surface area contributed by atoms with Crippen LogP contribution in [0, 0.1) is 5.92 Å². The number of imide groups is 1. The molecule has 0 bridgehead atoms. The van der Waals surface area contributed by atoms with Crippen molar-refractivity contribution in [2.75, 3.05) is 19.7 Å². The van der Waals surface area contributed by atoms with E-state index in [1.54, 1.807) is 29.2 Å². The average Bonchev–Trinajstić information content (AvgIpc) is 2.95. The van der Waals surface area contributed by atoms with Crippen LogP contribution < -0.4 is 0 Å². The molecule has 0 spiro atoms. The van der Waals surface area contributed by atoms with Gasteiger partial charge in [0.2, 0.25) is 0 Å². The topological polar surface area (TPSA) is 84.0 Å². The first-order valence-electron chi connectivity index (χ1n) is 9.81. The van der Waals surface area contributed by atoms with Crippen molar-refractivity contribution in [3.05, 3.63) is 35.4 Å². The quantitative estimate of drug-likeness (QED) is 0.553. The SMILES string of the molecule is CC(C)C[C@@H](C(=O)OCC(=O)N1CCCCC1)N1C(=O)c2ccccc2C1=O. The third-order valence-corrected chi connectivity index (χ3v) is 5.15. The number of ether oxygens (including phenoxy) is 1. The highest BCUT2D eigenvalue weighted by molar-refractivity contribution is 6.22. The van der Waals surface area contributed by atoms with Gasteiger partial charge in [-0.05, 0) is 43.7 Å². The lowest BCUT2D eigenvalue weighted by Gasteiger charge is -2.28. The highest BCUT2D eigenvalue weighted by Gasteiger charge is 2.43. The Hall–Kier alpha value is -2.70. The largest absolute Gasteiger partial charge is 0.454 e. The summed E-state index contributed by atoms with van der Waals surface area (Å²) in [5, 5.41) is 0. The van der Waals surface area contributed by atoms with Gasteiger partial charge in [0.25, 0.3) is 17.7 Å². The van der Waals surface area contributed by atoms with Gasteiger partial charge in [-0.1, -0.05) is 26.0 Å². The first-order chi connectivity index (χ1) is 13.4. The molecule has 0 saturated carbocycles. The van der Waals surface area contributed by atoms with E-state index in [4.69, 9.17) is 4.74 Å². The van der Waals surface area contributed by atoms with Crippen LogP contribution in [0.25, 0.3) is 0 Å². The van der Waals surface area contributed by atoms with E-state index in [1.165, 1.54) is 0 Å². The van der Waals surface area contributed by atoms with E-state index < -0.39 is 23.8 Å². The highest BCUT2D eigenvalue weighted by atomic mass is 16.5. The van der Waals surface area contributed by atoms with Crippen molar-refractivity contribution >= 4 is 23.7 Å². The maximum Gasteiger partial charge on any atom is 0.329 e. The first-order valence-corrected chi connectivity index (χ1v) is 9.81. The molecule has 1 aromatic rings. The van der Waals surface area contributed by atoms with Crippen molar-refractivity contribution in [2.45, 2.75) is 45.6 Å². The molecule has 0 aromatic heterocycles. The van der Waals surface area contributed by atoms with Crippen LogP contribution in [0.4, 0.5) is 0 Å². The molecule has 7 nitrogen and oxygen atoms in total. The Morgan fingerprint density at radius 1 is 1.00 bits per heavy atom. The Kier molecular flexibility index (Phi) is 6.11. The van der Waals surface area contributed by atoms with E-state index in [2.05, 4.69) is 0 Å². The van der Waals surface area contributed by atoms with Gasteiger partial charge in [0.05, 0.1) is 11.1 Å². The lowest BCUT2D eigenvalue weighted by atomic mass is 10.0. The predicted molar refractivity (Wildman–Crippen MR) is 102 cm³/mol. The van der Waals surface area contributed by atoms with Crippen LogP contribution in [0.1, 0.15) is 60.2 Å². The summed E-state index contributed by atoms with van der Waals surface area (Å²) in [5.41, 5.74) is 0.580. The maximum atomic E-state index is 12.8. The second-order valence-corrected chi connectivity index (χ2v) is 7.72. The van der Waals surface area contributed by atoms with Gasteiger partial charge in [-0.25, -0.2) is 4.79 Å². The number of hydrogen-bond donors (Lipinski definition) is 0. The monoisotopic (exact) mass is 386 g/mol. The molecule has 0 aliphatic carbocycles. The number of likely N-dealkylation sites (tertiary alicyclic amines) is 1. The molecule has 1 saturated heterocycles. The number of piperidine rings is 1. The van der Waals surface area contributed by atoms with E-state index in [0.29, 0.717) is 24.2 Å².